The molecule has 0 aromatic heterocycles. The molecule has 0 amide bonds. The van der Waals surface area contributed by atoms with Crippen LogP contribution in [0.25, 0.3) is 0 Å². The predicted molar refractivity (Wildman–Crippen MR) is 311 cm³/mol. The SMILES string of the molecule is CC/C=C\C/C=C\C/C=C\C/C=C\CCCCCCCCC(=O)OCC(COC(=O)CCCCCCCC/C=C\C/C=C\C/C=C\CC)OC(=O)CCCCCCCCCCC/C=C\C/C=C\C/C=C\CC. The molecule has 0 saturated heterocycles. The fourth-order valence-corrected chi connectivity index (χ4v) is 7.87. The summed E-state index contributed by atoms with van der Waals surface area (Å²) < 4.78 is 16.9. The van der Waals surface area contributed by atoms with Crippen molar-refractivity contribution in [3.63, 3.8) is 0 Å². The van der Waals surface area contributed by atoms with E-state index < -0.39 is 6.10 Å². The highest BCUT2D eigenvalue weighted by Crippen LogP contribution is 2.15. The van der Waals surface area contributed by atoms with Gasteiger partial charge in [0.25, 0.3) is 0 Å². The van der Waals surface area contributed by atoms with Gasteiger partial charge in [-0.2, -0.15) is 0 Å². The van der Waals surface area contributed by atoms with Crippen LogP contribution >= 0.6 is 0 Å². The number of carbonyl (C=O) groups is 3. The van der Waals surface area contributed by atoms with Gasteiger partial charge in [0, 0.05) is 19.3 Å². The summed E-state index contributed by atoms with van der Waals surface area (Å²) in [5.74, 6) is -0.925. The first kappa shape index (κ1) is 67.8. The number of carbonyl (C=O) groups excluding carboxylic acids is 3. The smallest absolute Gasteiger partial charge is 0.306 e. The topological polar surface area (TPSA) is 78.9 Å². The van der Waals surface area contributed by atoms with Crippen LogP contribution in [0.5, 0.6) is 0 Å². The number of esters is 3. The van der Waals surface area contributed by atoms with E-state index in [2.05, 4.69) is 142 Å². The molecule has 6 nitrogen and oxygen atoms in total. The summed E-state index contributed by atoms with van der Waals surface area (Å²) in [6, 6.07) is 0. The second-order valence-corrected chi connectivity index (χ2v) is 19.1. The third-order valence-electron chi connectivity index (χ3n) is 12.2. The minimum absolute atomic E-state index is 0.0944. The lowest BCUT2D eigenvalue weighted by atomic mass is 10.1. The maximum atomic E-state index is 12.9. The van der Waals surface area contributed by atoms with Crippen LogP contribution in [0, 0.1) is 0 Å². The van der Waals surface area contributed by atoms with Crippen molar-refractivity contribution in [2.24, 2.45) is 0 Å². The van der Waals surface area contributed by atoms with Crippen molar-refractivity contribution >= 4 is 17.9 Å². The van der Waals surface area contributed by atoms with Crippen LogP contribution < -0.4 is 0 Å². The number of unbranched alkanes of at least 4 members (excludes halogenated alkanes) is 21. The van der Waals surface area contributed by atoms with Gasteiger partial charge in [-0.15, -0.1) is 0 Å². The molecule has 0 spiro atoms. The summed E-state index contributed by atoms with van der Waals surface area (Å²) in [6.07, 6.45) is 81.8. The molecule has 408 valence electrons. The van der Waals surface area contributed by atoms with E-state index in [0.29, 0.717) is 19.3 Å². The van der Waals surface area contributed by atoms with Crippen molar-refractivity contribution in [1.29, 1.82) is 0 Å². The third-order valence-corrected chi connectivity index (χ3v) is 12.2. The fraction of sp³-hybridized carbons (Fsp3) is 0.652. The van der Waals surface area contributed by atoms with Gasteiger partial charge < -0.3 is 14.2 Å². The first-order chi connectivity index (χ1) is 35.5. The molecule has 0 rings (SSSR count). The lowest BCUT2D eigenvalue weighted by Gasteiger charge is -2.18. The molecule has 6 heteroatoms. The van der Waals surface area contributed by atoms with Crippen molar-refractivity contribution in [2.75, 3.05) is 13.2 Å². The highest BCUT2D eigenvalue weighted by Gasteiger charge is 2.19. The number of hydrogen-bond donors (Lipinski definition) is 0. The Morgan fingerprint density at radius 2 is 0.500 bits per heavy atom. The van der Waals surface area contributed by atoms with Gasteiger partial charge in [-0.3, -0.25) is 14.4 Å². The fourth-order valence-electron chi connectivity index (χ4n) is 7.87. The molecule has 0 heterocycles. The molecule has 1 unspecified atom stereocenters. The van der Waals surface area contributed by atoms with Crippen molar-refractivity contribution in [2.45, 2.75) is 264 Å². The Morgan fingerprint density at radius 3 is 0.778 bits per heavy atom. The second-order valence-electron chi connectivity index (χ2n) is 19.1. The molecule has 0 aromatic carbocycles. The van der Waals surface area contributed by atoms with E-state index in [-0.39, 0.29) is 31.1 Å². The summed E-state index contributed by atoms with van der Waals surface area (Å²) in [6.45, 7) is 6.28. The maximum absolute atomic E-state index is 12.9. The average molecular weight is 998 g/mol. The van der Waals surface area contributed by atoms with Crippen LogP contribution in [0.4, 0.5) is 0 Å². The third kappa shape index (κ3) is 56.7. The van der Waals surface area contributed by atoms with E-state index in [4.69, 9.17) is 14.2 Å². The number of ether oxygens (including phenoxy) is 3. The van der Waals surface area contributed by atoms with E-state index in [1.165, 1.54) is 64.2 Å². The molecule has 0 fully saturated rings. The highest BCUT2D eigenvalue weighted by molar-refractivity contribution is 5.71. The largest absolute Gasteiger partial charge is 0.462 e. The summed E-state index contributed by atoms with van der Waals surface area (Å²) in [4.78, 5) is 38.3. The zero-order valence-electron chi connectivity index (χ0n) is 46.7. The van der Waals surface area contributed by atoms with Crippen molar-refractivity contribution in [3.8, 4) is 0 Å². The zero-order valence-corrected chi connectivity index (χ0v) is 46.7. The van der Waals surface area contributed by atoms with Gasteiger partial charge in [0.2, 0.25) is 0 Å². The normalized spacial score (nSPS) is 13.0. The monoisotopic (exact) mass is 997 g/mol. The summed E-state index contributed by atoms with van der Waals surface area (Å²) in [5, 5.41) is 0. The molecule has 0 aliphatic heterocycles. The molecular weight excluding hydrogens is 889 g/mol. The molecular formula is C66H108O6. The van der Waals surface area contributed by atoms with Crippen LogP contribution in [0.2, 0.25) is 0 Å². The molecule has 0 bridgehead atoms. The number of rotatable bonds is 52. The maximum Gasteiger partial charge on any atom is 0.306 e. The summed E-state index contributed by atoms with van der Waals surface area (Å²) in [5.41, 5.74) is 0. The Balaban J connectivity index is 4.45. The Kier molecular flexibility index (Phi) is 55.9. The van der Waals surface area contributed by atoms with E-state index in [1.807, 2.05) is 0 Å². The Bertz CT molecular complexity index is 1520. The van der Waals surface area contributed by atoms with Gasteiger partial charge in [0.05, 0.1) is 0 Å². The molecule has 0 aliphatic rings. The van der Waals surface area contributed by atoms with Crippen LogP contribution in [-0.4, -0.2) is 37.2 Å². The zero-order chi connectivity index (χ0) is 52.2. The van der Waals surface area contributed by atoms with Crippen molar-refractivity contribution < 1.29 is 28.6 Å². The average Bonchev–Trinajstić information content (AvgIpc) is 3.38. The van der Waals surface area contributed by atoms with Crippen LogP contribution in [0.1, 0.15) is 258 Å². The molecule has 0 N–H and O–H groups in total. The summed E-state index contributed by atoms with van der Waals surface area (Å²) in [7, 11) is 0. The molecule has 0 aromatic rings. The number of allylic oxidation sites excluding steroid dienone is 20. The molecule has 0 saturated carbocycles. The van der Waals surface area contributed by atoms with Crippen LogP contribution in [0.15, 0.2) is 122 Å². The van der Waals surface area contributed by atoms with E-state index in [9.17, 15) is 14.4 Å². The van der Waals surface area contributed by atoms with Crippen LogP contribution in [0.3, 0.4) is 0 Å². The lowest BCUT2D eigenvalue weighted by molar-refractivity contribution is -0.167. The predicted octanol–water partition coefficient (Wildman–Crippen LogP) is 20.0. The minimum Gasteiger partial charge on any atom is -0.462 e. The molecule has 0 aliphatic carbocycles. The second kappa shape index (κ2) is 59.4. The molecule has 1 atom stereocenters. The molecule has 72 heavy (non-hydrogen) atoms. The Hall–Kier alpha value is -4.19. The highest BCUT2D eigenvalue weighted by atomic mass is 16.6. The van der Waals surface area contributed by atoms with Gasteiger partial charge in [0.15, 0.2) is 6.10 Å². The van der Waals surface area contributed by atoms with Gasteiger partial charge >= 0.3 is 17.9 Å². The molecule has 0 radical (unpaired) electrons. The van der Waals surface area contributed by atoms with Gasteiger partial charge in [-0.05, 0) is 122 Å². The Labute approximate surface area is 443 Å². The standard InChI is InChI=1S/C66H108O6/c1-4-7-10-13-16-19-22-25-28-31-33-35-38-41-44-47-50-53-56-59-65(68)71-62-63(61-70-64(67)58-55-52-49-46-43-40-37-30-27-24-21-18-15-12-9-6-3)72-66(69)60-57-54-51-48-45-42-39-36-34-32-29-26-23-20-17-14-11-8-5-2/h7-12,16-21,25-30,33,35,63H,4-6,13-15,22-24,31-32,34,36-62H2,1-3H3/b10-7-,11-8-,12-9-,19-16-,20-17-,21-18-,28-25-,29-26-,30-27-,35-33-. The minimum atomic E-state index is -0.797. The van der Waals surface area contributed by atoms with E-state index >= 15 is 0 Å². The summed E-state index contributed by atoms with van der Waals surface area (Å²) >= 11 is 0. The van der Waals surface area contributed by atoms with Gasteiger partial charge in [0.1, 0.15) is 13.2 Å². The van der Waals surface area contributed by atoms with Crippen molar-refractivity contribution in [1.82, 2.24) is 0 Å². The number of hydrogen-bond acceptors (Lipinski definition) is 6. The first-order valence-electron chi connectivity index (χ1n) is 29.5. The van der Waals surface area contributed by atoms with Crippen LogP contribution in [-0.2, 0) is 28.6 Å². The quantitative estimate of drug-likeness (QED) is 0.0261. The van der Waals surface area contributed by atoms with Gasteiger partial charge in [-0.25, -0.2) is 0 Å². The van der Waals surface area contributed by atoms with Gasteiger partial charge in [-0.1, -0.05) is 239 Å². The Morgan fingerprint density at radius 1 is 0.278 bits per heavy atom. The van der Waals surface area contributed by atoms with E-state index in [1.54, 1.807) is 0 Å². The van der Waals surface area contributed by atoms with E-state index in [0.717, 1.165) is 154 Å². The van der Waals surface area contributed by atoms with Crippen molar-refractivity contribution in [3.05, 3.63) is 122 Å². The lowest BCUT2D eigenvalue weighted by Crippen LogP contribution is -2.30. The first-order valence-corrected chi connectivity index (χ1v) is 29.5.